The Hall–Kier alpha value is -4.44. The monoisotopic (exact) mass is 519 g/mol. The first-order valence-corrected chi connectivity index (χ1v) is 11.9. The van der Waals surface area contributed by atoms with Crippen LogP contribution in [0.1, 0.15) is 13.8 Å². The number of halogens is 2. The summed E-state index contributed by atoms with van der Waals surface area (Å²) in [5, 5.41) is 18.6. The Balaban J connectivity index is 1.45. The number of carbonyl (C=O) groups is 1. The molecule has 5 rings (SSSR count). The molecule has 2 aromatic heterocycles. The van der Waals surface area contributed by atoms with Gasteiger partial charge >= 0.3 is 0 Å². The fourth-order valence-corrected chi connectivity index (χ4v) is 3.98. The van der Waals surface area contributed by atoms with E-state index in [1.54, 1.807) is 54.7 Å². The molecule has 188 valence electrons. The quantitative estimate of drug-likeness (QED) is 0.258. The van der Waals surface area contributed by atoms with Crippen molar-refractivity contribution in [2.45, 2.75) is 19.9 Å². The summed E-state index contributed by atoms with van der Waals surface area (Å²) in [6.07, 6.45) is 1.63. The molecule has 37 heavy (non-hydrogen) atoms. The first kappa shape index (κ1) is 24.3. The van der Waals surface area contributed by atoms with E-state index in [2.05, 4.69) is 30.9 Å². The highest BCUT2D eigenvalue weighted by molar-refractivity contribution is 6.38. The zero-order valence-electron chi connectivity index (χ0n) is 20.0. The Kier molecular flexibility index (Phi) is 6.74. The number of benzene rings is 3. The molecule has 11 heteroatoms. The maximum Gasteiger partial charge on any atom is 0.258 e. The summed E-state index contributed by atoms with van der Waals surface area (Å²) in [5.41, 5.74) is 2.25. The van der Waals surface area contributed by atoms with Crippen LogP contribution in [-0.2, 0) is 4.79 Å². The maximum absolute atomic E-state index is 14.7. The van der Waals surface area contributed by atoms with Crippen LogP contribution in [0.25, 0.3) is 28.0 Å². The molecule has 5 aromatic rings. The predicted molar refractivity (Wildman–Crippen MR) is 140 cm³/mol. The van der Waals surface area contributed by atoms with Gasteiger partial charge in [-0.25, -0.2) is 4.39 Å². The van der Waals surface area contributed by atoms with Crippen LogP contribution in [0.4, 0.5) is 16.0 Å². The van der Waals surface area contributed by atoms with Gasteiger partial charge in [-0.15, -0.1) is 5.10 Å². The number of rotatable bonds is 8. The molecular formula is C26H23ClFN7O2. The van der Waals surface area contributed by atoms with E-state index < -0.39 is 5.82 Å². The largest absolute Gasteiger partial charge is 0.484 e. The van der Waals surface area contributed by atoms with Crippen LogP contribution < -0.4 is 15.4 Å². The summed E-state index contributed by atoms with van der Waals surface area (Å²) >= 11 is 6.59. The van der Waals surface area contributed by atoms with Gasteiger partial charge in [0.05, 0.1) is 22.4 Å². The van der Waals surface area contributed by atoms with Crippen LogP contribution in [0.2, 0.25) is 5.02 Å². The highest BCUT2D eigenvalue weighted by Crippen LogP contribution is 2.33. The molecule has 1 amide bonds. The Bertz CT molecular complexity index is 1560. The molecule has 3 aromatic carbocycles. The number of amides is 1. The molecule has 0 unspecified atom stereocenters. The Morgan fingerprint density at radius 1 is 1.14 bits per heavy atom. The summed E-state index contributed by atoms with van der Waals surface area (Å²) < 4.78 is 21.7. The third-order valence-electron chi connectivity index (χ3n) is 5.42. The third kappa shape index (κ3) is 5.24. The number of H-pyrrole nitrogens is 1. The van der Waals surface area contributed by atoms with E-state index in [-0.39, 0.29) is 30.2 Å². The van der Waals surface area contributed by atoms with Gasteiger partial charge in [0.15, 0.2) is 12.4 Å². The number of carbonyl (C=O) groups excluding carboxylic acids is 1. The Morgan fingerprint density at radius 3 is 2.68 bits per heavy atom. The van der Waals surface area contributed by atoms with Crippen molar-refractivity contribution in [1.29, 1.82) is 0 Å². The van der Waals surface area contributed by atoms with Crippen molar-refractivity contribution in [3.05, 3.63) is 77.7 Å². The highest BCUT2D eigenvalue weighted by Gasteiger charge is 2.18. The predicted octanol–water partition coefficient (Wildman–Crippen LogP) is 5.25. The minimum Gasteiger partial charge on any atom is -0.484 e. The molecule has 0 aliphatic heterocycles. The molecule has 2 heterocycles. The molecule has 0 saturated carbocycles. The van der Waals surface area contributed by atoms with Crippen LogP contribution >= 0.6 is 11.6 Å². The lowest BCUT2D eigenvalue weighted by molar-refractivity contribution is -0.123. The summed E-state index contributed by atoms with van der Waals surface area (Å²) in [6, 6.07) is 16.9. The molecule has 0 fully saturated rings. The van der Waals surface area contributed by atoms with Gasteiger partial charge in [-0.2, -0.15) is 14.8 Å². The lowest BCUT2D eigenvalue weighted by atomic mass is 10.2. The van der Waals surface area contributed by atoms with Crippen LogP contribution in [-0.4, -0.2) is 43.5 Å². The summed E-state index contributed by atoms with van der Waals surface area (Å²) in [5.74, 6) is 0.495. The average Bonchev–Trinajstić information content (AvgIpc) is 3.53. The number of nitrogens with one attached hydrogen (secondary N) is 3. The summed E-state index contributed by atoms with van der Waals surface area (Å²) in [7, 11) is 0. The summed E-state index contributed by atoms with van der Waals surface area (Å²) in [6.45, 7) is 3.67. The normalized spacial score (nSPS) is 11.2. The highest BCUT2D eigenvalue weighted by atomic mass is 35.5. The molecule has 0 saturated heterocycles. The van der Waals surface area contributed by atoms with E-state index in [1.807, 2.05) is 19.9 Å². The van der Waals surface area contributed by atoms with E-state index in [4.69, 9.17) is 16.3 Å². The molecule has 9 nitrogen and oxygen atoms in total. The van der Waals surface area contributed by atoms with Crippen molar-refractivity contribution in [3.63, 3.8) is 0 Å². The van der Waals surface area contributed by atoms with Gasteiger partial charge in [0.2, 0.25) is 5.95 Å². The number of ether oxygens (including phenoxy) is 1. The zero-order valence-corrected chi connectivity index (χ0v) is 20.8. The van der Waals surface area contributed by atoms with Gasteiger partial charge in [-0.3, -0.25) is 9.89 Å². The second kappa shape index (κ2) is 10.3. The molecule has 0 aliphatic rings. The third-order valence-corrected chi connectivity index (χ3v) is 5.83. The fraction of sp³-hybridized carbons (Fsp3) is 0.154. The van der Waals surface area contributed by atoms with Gasteiger partial charge in [0.1, 0.15) is 17.3 Å². The first-order valence-electron chi connectivity index (χ1n) is 11.5. The van der Waals surface area contributed by atoms with Crippen LogP contribution in [0.5, 0.6) is 5.75 Å². The average molecular weight is 520 g/mol. The smallest absolute Gasteiger partial charge is 0.258 e. The second-order valence-electron chi connectivity index (χ2n) is 8.54. The van der Waals surface area contributed by atoms with Crippen LogP contribution in [0, 0.1) is 5.82 Å². The van der Waals surface area contributed by atoms with E-state index in [0.717, 1.165) is 10.9 Å². The van der Waals surface area contributed by atoms with Gasteiger partial charge in [-0.1, -0.05) is 23.7 Å². The fourth-order valence-electron chi connectivity index (χ4n) is 3.72. The van der Waals surface area contributed by atoms with Crippen molar-refractivity contribution in [2.24, 2.45) is 0 Å². The van der Waals surface area contributed by atoms with Gasteiger partial charge in [-0.05, 0) is 62.4 Å². The molecular weight excluding hydrogens is 497 g/mol. The topological polar surface area (TPSA) is 110 Å². The minimum absolute atomic E-state index is 0.0356. The lowest BCUT2D eigenvalue weighted by Crippen LogP contribution is -2.34. The van der Waals surface area contributed by atoms with Crippen LogP contribution in [0.3, 0.4) is 0 Å². The Morgan fingerprint density at radius 2 is 1.92 bits per heavy atom. The van der Waals surface area contributed by atoms with E-state index in [0.29, 0.717) is 27.8 Å². The molecule has 3 N–H and O–H groups in total. The standard InChI is InChI=1S/C26H23ClFN7O2/c1-15(2)30-23(36)14-37-17-9-7-16(8-10-17)25-32-26(35(34-25)22-6-4-3-5-19(22)28)31-21-12-11-20-18(24(21)27)13-29-33-20/h3-13,15H,14H2,1-2H3,(H,29,33)(H,30,36)(H,31,32,34). The number of aromatic amines is 1. The van der Waals surface area contributed by atoms with Crippen LogP contribution in [0.15, 0.2) is 66.9 Å². The van der Waals surface area contributed by atoms with Gasteiger partial charge < -0.3 is 15.4 Å². The number of fused-ring (bicyclic) bond motifs is 1. The van der Waals surface area contributed by atoms with Crippen molar-refractivity contribution in [2.75, 3.05) is 11.9 Å². The lowest BCUT2D eigenvalue weighted by Gasteiger charge is -2.10. The van der Waals surface area contributed by atoms with Gasteiger partial charge in [0.25, 0.3) is 5.91 Å². The van der Waals surface area contributed by atoms with E-state index in [1.165, 1.54) is 10.7 Å². The molecule has 0 radical (unpaired) electrons. The number of anilines is 2. The Labute approximate surface area is 216 Å². The number of hydrogen-bond donors (Lipinski definition) is 3. The second-order valence-corrected chi connectivity index (χ2v) is 8.92. The molecule has 0 spiro atoms. The SMILES string of the molecule is CC(C)NC(=O)COc1ccc(-c2nc(Nc3ccc4[nH]ncc4c3Cl)n(-c3ccccc3F)n2)cc1. The zero-order chi connectivity index (χ0) is 25.9. The van der Waals surface area contributed by atoms with Crippen molar-refractivity contribution >= 4 is 40.0 Å². The molecule has 0 atom stereocenters. The maximum atomic E-state index is 14.7. The van der Waals surface area contributed by atoms with E-state index in [9.17, 15) is 9.18 Å². The molecule has 0 aliphatic carbocycles. The van der Waals surface area contributed by atoms with Crippen molar-refractivity contribution < 1.29 is 13.9 Å². The minimum atomic E-state index is -0.457. The van der Waals surface area contributed by atoms with Crippen molar-refractivity contribution in [3.8, 4) is 22.8 Å². The summed E-state index contributed by atoms with van der Waals surface area (Å²) in [4.78, 5) is 16.5. The number of hydrogen-bond acceptors (Lipinski definition) is 6. The first-order chi connectivity index (χ1) is 17.9. The van der Waals surface area contributed by atoms with Gasteiger partial charge in [0, 0.05) is 17.0 Å². The van der Waals surface area contributed by atoms with E-state index >= 15 is 0 Å². The number of para-hydroxylation sites is 1. The number of nitrogens with zero attached hydrogens (tertiary/aromatic N) is 4. The van der Waals surface area contributed by atoms with Crippen molar-refractivity contribution in [1.82, 2.24) is 30.3 Å². The molecule has 0 bridgehead atoms. The number of aromatic nitrogens is 5.